The van der Waals surface area contributed by atoms with Gasteiger partial charge in [0.25, 0.3) is 10.0 Å². The van der Waals surface area contributed by atoms with Crippen LogP contribution in [-0.2, 0) is 14.8 Å². The molecule has 0 atom stereocenters. The highest BCUT2D eigenvalue weighted by atomic mass is 32.2. The van der Waals surface area contributed by atoms with Crippen molar-refractivity contribution in [1.29, 1.82) is 0 Å². The maximum absolute atomic E-state index is 12.6. The zero-order valence-electron chi connectivity index (χ0n) is 11.7. The van der Waals surface area contributed by atoms with E-state index in [0.717, 1.165) is 10.7 Å². The molecule has 0 saturated heterocycles. The second-order valence-electron chi connectivity index (χ2n) is 4.64. The van der Waals surface area contributed by atoms with Gasteiger partial charge in [-0.15, -0.1) is 0 Å². The van der Waals surface area contributed by atoms with Gasteiger partial charge in [0.1, 0.15) is 11.4 Å². The summed E-state index contributed by atoms with van der Waals surface area (Å²) >= 11 is 0. The highest BCUT2D eigenvalue weighted by Crippen LogP contribution is 2.25. The number of sulfonamides is 1. The summed E-state index contributed by atoms with van der Waals surface area (Å²) < 4.78 is 31.2. The summed E-state index contributed by atoms with van der Waals surface area (Å²) in [5, 5.41) is 9.23. The van der Waals surface area contributed by atoms with E-state index in [0.29, 0.717) is 18.6 Å². The number of ether oxygens (including phenoxy) is 1. The molecule has 114 valence electrons. The van der Waals surface area contributed by atoms with Gasteiger partial charge in [0.15, 0.2) is 0 Å². The monoisotopic (exact) mass is 311 g/mol. The quantitative estimate of drug-likeness (QED) is 0.917. The largest absolute Gasteiger partial charge is 0.497 e. The molecule has 2 rings (SSSR count). The van der Waals surface area contributed by atoms with E-state index in [2.05, 4.69) is 0 Å². The Morgan fingerprint density at radius 3 is 2.48 bits per heavy atom. The van der Waals surface area contributed by atoms with Crippen molar-refractivity contribution >= 4 is 16.0 Å². The third kappa shape index (κ3) is 3.18. The Labute approximate surface area is 123 Å². The molecule has 0 unspecified atom stereocenters. The number of carboxylic acid groups (broad SMARTS) is 1. The van der Waals surface area contributed by atoms with Gasteiger partial charge in [-0.2, -0.15) is 0 Å². The predicted molar refractivity (Wildman–Crippen MR) is 76.5 cm³/mol. The maximum atomic E-state index is 12.6. The molecule has 1 aromatic rings. The molecule has 1 aliphatic rings. The zero-order valence-corrected chi connectivity index (χ0v) is 12.5. The first-order valence-electron chi connectivity index (χ1n) is 6.57. The first kappa shape index (κ1) is 15.4. The van der Waals surface area contributed by atoms with E-state index in [1.165, 1.54) is 37.5 Å². The summed E-state index contributed by atoms with van der Waals surface area (Å²) in [6, 6.07) is 5.90. The lowest BCUT2D eigenvalue weighted by Gasteiger charge is -2.23. The number of carboxylic acids is 1. The lowest BCUT2D eigenvalue weighted by Crippen LogP contribution is -2.34. The zero-order chi connectivity index (χ0) is 15.5. The molecule has 0 aromatic heterocycles. The van der Waals surface area contributed by atoms with Gasteiger partial charge >= 0.3 is 5.97 Å². The normalized spacial score (nSPS) is 16.0. The van der Waals surface area contributed by atoms with E-state index in [4.69, 9.17) is 4.74 Å². The molecule has 0 aliphatic carbocycles. The summed E-state index contributed by atoms with van der Waals surface area (Å²) in [5.41, 5.74) is -0.177. The van der Waals surface area contributed by atoms with Crippen molar-refractivity contribution in [3.63, 3.8) is 0 Å². The number of hydrogen-bond donors (Lipinski definition) is 1. The Morgan fingerprint density at radius 2 is 1.90 bits per heavy atom. The molecular formula is C14H17NO5S. The third-order valence-electron chi connectivity index (χ3n) is 3.29. The average Bonchev–Trinajstić information content (AvgIpc) is 2.73. The van der Waals surface area contributed by atoms with Crippen molar-refractivity contribution in [3.05, 3.63) is 36.0 Å². The summed E-state index contributed by atoms with van der Waals surface area (Å²) in [5.74, 6) is -0.687. The molecule has 1 N–H and O–H groups in total. The first-order chi connectivity index (χ1) is 9.96. The van der Waals surface area contributed by atoms with Crippen LogP contribution in [-0.4, -0.2) is 37.5 Å². The molecule has 7 heteroatoms. The Hall–Kier alpha value is -2.02. The Bertz CT molecular complexity index is 648. The number of allylic oxidation sites excluding steroid dienone is 1. The van der Waals surface area contributed by atoms with Gasteiger partial charge in [0, 0.05) is 6.54 Å². The molecule has 21 heavy (non-hydrogen) atoms. The highest BCUT2D eigenvalue weighted by molar-refractivity contribution is 7.89. The van der Waals surface area contributed by atoms with Crippen LogP contribution in [0.2, 0.25) is 0 Å². The van der Waals surface area contributed by atoms with Crippen molar-refractivity contribution in [2.24, 2.45) is 0 Å². The van der Waals surface area contributed by atoms with Crippen LogP contribution in [0.1, 0.15) is 19.3 Å². The number of nitrogens with zero attached hydrogens (tertiary/aromatic N) is 1. The van der Waals surface area contributed by atoms with Crippen LogP contribution in [0.3, 0.4) is 0 Å². The van der Waals surface area contributed by atoms with Crippen molar-refractivity contribution in [2.45, 2.75) is 24.2 Å². The SMILES string of the molecule is COc1ccc(S(=O)(=O)N2CCCCC=C2C(=O)O)cc1. The van der Waals surface area contributed by atoms with E-state index < -0.39 is 16.0 Å². The van der Waals surface area contributed by atoms with Crippen LogP contribution in [0.4, 0.5) is 0 Å². The second kappa shape index (κ2) is 6.17. The lowest BCUT2D eigenvalue weighted by molar-refractivity contribution is -0.133. The average molecular weight is 311 g/mol. The smallest absolute Gasteiger partial charge is 0.352 e. The molecule has 1 aliphatic heterocycles. The number of aliphatic carboxylic acids is 1. The van der Waals surface area contributed by atoms with Crippen LogP contribution in [0.25, 0.3) is 0 Å². The summed E-state index contributed by atoms with van der Waals surface area (Å²) in [6.07, 6.45) is 3.43. The summed E-state index contributed by atoms with van der Waals surface area (Å²) in [6.45, 7) is 0.173. The molecule has 0 amide bonds. The first-order valence-corrected chi connectivity index (χ1v) is 8.01. The molecule has 1 heterocycles. The fourth-order valence-electron chi connectivity index (χ4n) is 2.18. The molecular weight excluding hydrogens is 294 g/mol. The third-order valence-corrected chi connectivity index (χ3v) is 5.12. The van der Waals surface area contributed by atoms with Crippen molar-refractivity contribution in [1.82, 2.24) is 4.31 Å². The molecule has 6 nitrogen and oxygen atoms in total. The minimum atomic E-state index is -3.88. The number of hydrogen-bond acceptors (Lipinski definition) is 4. The number of carbonyl (C=O) groups is 1. The van der Waals surface area contributed by atoms with Gasteiger partial charge in [-0.1, -0.05) is 6.08 Å². The van der Waals surface area contributed by atoms with Crippen molar-refractivity contribution in [2.75, 3.05) is 13.7 Å². The van der Waals surface area contributed by atoms with Gasteiger partial charge in [0.05, 0.1) is 12.0 Å². The van der Waals surface area contributed by atoms with E-state index in [-0.39, 0.29) is 17.1 Å². The van der Waals surface area contributed by atoms with E-state index >= 15 is 0 Å². The number of methoxy groups -OCH3 is 1. The van der Waals surface area contributed by atoms with E-state index in [1.807, 2.05) is 0 Å². The topological polar surface area (TPSA) is 83.9 Å². The van der Waals surface area contributed by atoms with Gasteiger partial charge in [-0.05, 0) is 43.5 Å². The van der Waals surface area contributed by atoms with Gasteiger partial charge < -0.3 is 9.84 Å². The van der Waals surface area contributed by atoms with Crippen molar-refractivity contribution < 1.29 is 23.1 Å². The second-order valence-corrected chi connectivity index (χ2v) is 6.51. The minimum absolute atomic E-state index is 0.0531. The Kier molecular flexibility index (Phi) is 4.52. The van der Waals surface area contributed by atoms with Gasteiger partial charge in [0.2, 0.25) is 0 Å². The van der Waals surface area contributed by atoms with Crippen molar-refractivity contribution in [3.8, 4) is 5.75 Å². The molecule has 0 spiro atoms. The maximum Gasteiger partial charge on any atom is 0.352 e. The Balaban J connectivity index is 2.42. The fraction of sp³-hybridized carbons (Fsp3) is 0.357. The molecule has 0 fully saturated rings. The number of rotatable bonds is 4. The highest BCUT2D eigenvalue weighted by Gasteiger charge is 2.30. The number of benzene rings is 1. The standard InChI is InChI=1S/C14H17NO5S/c1-20-11-6-8-12(9-7-11)21(18,19)15-10-4-2-3-5-13(15)14(16)17/h5-9H,2-4,10H2,1H3,(H,16,17). The van der Waals surface area contributed by atoms with Gasteiger partial charge in [-0.3, -0.25) is 4.31 Å². The predicted octanol–water partition coefficient (Wildman–Crippen LogP) is 1.84. The molecule has 0 saturated carbocycles. The van der Waals surface area contributed by atoms with Crippen LogP contribution in [0, 0.1) is 0 Å². The fourth-order valence-corrected chi connectivity index (χ4v) is 3.69. The van der Waals surface area contributed by atoms with E-state index in [1.54, 1.807) is 0 Å². The minimum Gasteiger partial charge on any atom is -0.497 e. The van der Waals surface area contributed by atoms with E-state index in [9.17, 15) is 18.3 Å². The molecule has 0 radical (unpaired) electrons. The van der Waals surface area contributed by atoms with Crippen LogP contribution in [0.15, 0.2) is 40.9 Å². The molecule has 1 aromatic carbocycles. The van der Waals surface area contributed by atoms with Crippen LogP contribution >= 0.6 is 0 Å². The molecule has 0 bridgehead atoms. The summed E-state index contributed by atoms with van der Waals surface area (Å²) in [7, 11) is -2.39. The van der Waals surface area contributed by atoms with Gasteiger partial charge in [-0.25, -0.2) is 13.2 Å². The van der Waals surface area contributed by atoms with Crippen LogP contribution < -0.4 is 4.74 Å². The lowest BCUT2D eigenvalue weighted by atomic mass is 10.2. The Morgan fingerprint density at radius 1 is 1.24 bits per heavy atom. The van der Waals surface area contributed by atoms with Crippen LogP contribution in [0.5, 0.6) is 5.75 Å². The summed E-state index contributed by atoms with van der Waals surface area (Å²) in [4.78, 5) is 11.4.